The molecule has 0 aromatic heterocycles. The molecule has 4 heteroatoms. The van der Waals surface area contributed by atoms with Crippen LogP contribution in [0.3, 0.4) is 0 Å². The highest BCUT2D eigenvalue weighted by Gasteiger charge is 2.24. The van der Waals surface area contributed by atoms with Crippen molar-refractivity contribution in [3.63, 3.8) is 0 Å². The fourth-order valence-electron chi connectivity index (χ4n) is 8.06. The van der Waals surface area contributed by atoms with E-state index in [0.717, 1.165) is 63.0 Å². The third kappa shape index (κ3) is 8.01. The van der Waals surface area contributed by atoms with Gasteiger partial charge in [0, 0.05) is 38.3 Å². The van der Waals surface area contributed by atoms with E-state index in [-0.39, 0.29) is 11.8 Å². The van der Waals surface area contributed by atoms with Gasteiger partial charge in [-0.1, -0.05) is 55.7 Å². The first-order valence-corrected chi connectivity index (χ1v) is 18.5. The molecular formula is C45H54N2O2. The first-order chi connectivity index (χ1) is 23.6. The molecule has 256 valence electrons. The Hall–Kier alpha value is -4.18. The number of aryl methyl sites for hydroxylation is 4. The molecule has 0 radical (unpaired) electrons. The lowest BCUT2D eigenvalue weighted by Gasteiger charge is -2.33. The minimum absolute atomic E-state index is 0.129. The van der Waals surface area contributed by atoms with Crippen LogP contribution in [0.1, 0.15) is 89.5 Å². The van der Waals surface area contributed by atoms with Crippen molar-refractivity contribution in [2.24, 2.45) is 11.8 Å². The van der Waals surface area contributed by atoms with Crippen LogP contribution in [0.2, 0.25) is 0 Å². The van der Waals surface area contributed by atoms with E-state index in [1.807, 2.05) is 22.0 Å². The van der Waals surface area contributed by atoms with Gasteiger partial charge in [-0.3, -0.25) is 9.59 Å². The van der Waals surface area contributed by atoms with Crippen LogP contribution in [-0.4, -0.2) is 47.8 Å². The molecule has 0 N–H and O–H groups in total. The van der Waals surface area contributed by atoms with Crippen molar-refractivity contribution in [3.05, 3.63) is 105 Å². The molecule has 2 aliphatic rings. The van der Waals surface area contributed by atoms with Crippen LogP contribution >= 0.6 is 0 Å². The van der Waals surface area contributed by atoms with Crippen LogP contribution in [-0.2, 0) is 9.59 Å². The largest absolute Gasteiger partial charge is 0.339 e. The minimum atomic E-state index is 0.129. The molecule has 2 saturated heterocycles. The summed E-state index contributed by atoms with van der Waals surface area (Å²) in [6, 6.07) is 17.5. The maximum Gasteiger partial charge on any atom is 0.246 e. The van der Waals surface area contributed by atoms with Gasteiger partial charge in [-0.2, -0.15) is 0 Å². The summed E-state index contributed by atoms with van der Waals surface area (Å²) in [6.07, 6.45) is 15.6. The summed E-state index contributed by atoms with van der Waals surface area (Å²) >= 11 is 0. The Morgan fingerprint density at radius 2 is 0.959 bits per heavy atom. The van der Waals surface area contributed by atoms with E-state index in [2.05, 4.69) is 90.1 Å². The number of amides is 2. The smallest absolute Gasteiger partial charge is 0.246 e. The molecule has 2 fully saturated rings. The molecule has 0 bridgehead atoms. The molecule has 49 heavy (non-hydrogen) atoms. The third-order valence-corrected chi connectivity index (χ3v) is 11.9. The molecule has 0 spiro atoms. The van der Waals surface area contributed by atoms with Gasteiger partial charge in [-0.25, -0.2) is 0 Å². The number of benzene rings is 4. The average molecular weight is 655 g/mol. The van der Waals surface area contributed by atoms with E-state index in [4.69, 9.17) is 0 Å². The fourth-order valence-corrected chi connectivity index (χ4v) is 8.06. The Morgan fingerprint density at radius 3 is 1.35 bits per heavy atom. The number of piperidine rings is 2. The van der Waals surface area contributed by atoms with Crippen LogP contribution in [0.4, 0.5) is 0 Å². The highest BCUT2D eigenvalue weighted by molar-refractivity contribution is 5.95. The van der Waals surface area contributed by atoms with Crippen LogP contribution in [0.25, 0.3) is 33.7 Å². The molecule has 4 nitrogen and oxygen atoms in total. The SMILES string of the molecule is Cc1cc2ccc(/C=C/C(=O)N3CCC(CCCC4CCN(C(=O)/C=C/c5ccc6cc(C)c(C)c(C)c6c5)CC4)CC3)cc2c(C)c1C. The Morgan fingerprint density at radius 1 is 0.571 bits per heavy atom. The predicted molar refractivity (Wildman–Crippen MR) is 207 cm³/mol. The van der Waals surface area contributed by atoms with Crippen molar-refractivity contribution >= 4 is 45.5 Å². The van der Waals surface area contributed by atoms with Crippen LogP contribution in [0.5, 0.6) is 0 Å². The van der Waals surface area contributed by atoms with Crippen LogP contribution in [0.15, 0.2) is 60.7 Å². The topological polar surface area (TPSA) is 40.6 Å². The zero-order chi connectivity index (χ0) is 34.7. The van der Waals surface area contributed by atoms with Gasteiger partial charge in [0.1, 0.15) is 0 Å². The highest BCUT2D eigenvalue weighted by atomic mass is 16.2. The van der Waals surface area contributed by atoms with Crippen LogP contribution < -0.4 is 0 Å². The van der Waals surface area contributed by atoms with E-state index in [9.17, 15) is 9.59 Å². The van der Waals surface area contributed by atoms with E-state index < -0.39 is 0 Å². The summed E-state index contributed by atoms with van der Waals surface area (Å²) in [5.41, 5.74) is 10.1. The monoisotopic (exact) mass is 654 g/mol. The molecule has 6 rings (SSSR count). The summed E-state index contributed by atoms with van der Waals surface area (Å²) in [6.45, 7) is 16.5. The van der Waals surface area contributed by atoms with Gasteiger partial charge in [-0.05, 0) is 169 Å². The lowest BCUT2D eigenvalue weighted by Crippen LogP contribution is -2.38. The zero-order valence-corrected chi connectivity index (χ0v) is 30.6. The molecule has 2 amide bonds. The average Bonchev–Trinajstić information content (AvgIpc) is 3.12. The lowest BCUT2D eigenvalue weighted by atomic mass is 9.87. The maximum absolute atomic E-state index is 13.0. The van der Waals surface area contributed by atoms with Gasteiger partial charge in [-0.15, -0.1) is 0 Å². The number of carbonyl (C=O) groups is 2. The van der Waals surface area contributed by atoms with Crippen molar-refractivity contribution in [2.75, 3.05) is 26.2 Å². The molecule has 4 aromatic rings. The molecule has 2 aliphatic heterocycles. The summed E-state index contributed by atoms with van der Waals surface area (Å²) in [5, 5.41) is 5.05. The summed E-state index contributed by atoms with van der Waals surface area (Å²) in [7, 11) is 0. The number of fused-ring (bicyclic) bond motifs is 2. The second kappa shape index (κ2) is 15.2. The first-order valence-electron chi connectivity index (χ1n) is 18.5. The molecule has 2 heterocycles. The predicted octanol–water partition coefficient (Wildman–Crippen LogP) is 10.2. The van der Waals surface area contributed by atoms with Crippen molar-refractivity contribution in [1.29, 1.82) is 0 Å². The Labute approximate surface area is 293 Å². The molecule has 0 saturated carbocycles. The van der Waals surface area contributed by atoms with E-state index in [0.29, 0.717) is 11.8 Å². The van der Waals surface area contributed by atoms with Crippen LogP contribution in [0, 0.1) is 53.4 Å². The maximum atomic E-state index is 13.0. The summed E-state index contributed by atoms with van der Waals surface area (Å²) < 4.78 is 0. The molecule has 0 aliphatic carbocycles. The Kier molecular flexibility index (Phi) is 10.7. The van der Waals surface area contributed by atoms with Gasteiger partial charge in [0.2, 0.25) is 11.8 Å². The van der Waals surface area contributed by atoms with Crippen molar-refractivity contribution in [2.45, 2.75) is 86.5 Å². The normalized spacial score (nSPS) is 16.5. The van der Waals surface area contributed by atoms with Gasteiger partial charge < -0.3 is 9.80 Å². The van der Waals surface area contributed by atoms with E-state index >= 15 is 0 Å². The second-order valence-corrected chi connectivity index (χ2v) is 15.0. The Bertz CT molecular complexity index is 1780. The lowest BCUT2D eigenvalue weighted by molar-refractivity contribution is -0.128. The minimum Gasteiger partial charge on any atom is -0.339 e. The molecule has 0 atom stereocenters. The van der Waals surface area contributed by atoms with E-state index in [1.165, 1.54) is 74.2 Å². The number of hydrogen-bond acceptors (Lipinski definition) is 2. The quantitative estimate of drug-likeness (QED) is 0.177. The molecule has 0 unspecified atom stereocenters. The standard InChI is InChI=1S/C45H54N2O2/c1-30-26-40-14-10-38(28-42(40)34(5)32(30)3)12-16-44(48)46-22-18-36(19-23-46)8-7-9-37-20-24-47(25-21-37)45(49)17-13-39-11-15-41-27-31(2)33(4)35(6)43(41)29-39/h10-17,26-29,36-37H,7-9,18-25H2,1-6H3/b16-12+,17-13+. The zero-order valence-electron chi connectivity index (χ0n) is 30.6. The van der Waals surface area contributed by atoms with Crippen molar-refractivity contribution in [1.82, 2.24) is 9.80 Å². The van der Waals surface area contributed by atoms with Gasteiger partial charge in [0.05, 0.1) is 0 Å². The summed E-state index contributed by atoms with van der Waals surface area (Å²) in [5.74, 6) is 1.68. The fraction of sp³-hybridized carbons (Fsp3) is 0.422. The van der Waals surface area contributed by atoms with Crippen molar-refractivity contribution < 1.29 is 9.59 Å². The van der Waals surface area contributed by atoms with Gasteiger partial charge in [0.15, 0.2) is 0 Å². The molecular weight excluding hydrogens is 601 g/mol. The third-order valence-electron chi connectivity index (χ3n) is 11.9. The number of rotatable bonds is 8. The molecule has 4 aromatic carbocycles. The van der Waals surface area contributed by atoms with Crippen molar-refractivity contribution in [3.8, 4) is 0 Å². The summed E-state index contributed by atoms with van der Waals surface area (Å²) in [4.78, 5) is 30.1. The Balaban J connectivity index is 0.898. The van der Waals surface area contributed by atoms with Gasteiger partial charge in [0.25, 0.3) is 0 Å². The number of hydrogen-bond donors (Lipinski definition) is 0. The number of likely N-dealkylation sites (tertiary alicyclic amines) is 2. The second-order valence-electron chi connectivity index (χ2n) is 15.0. The highest BCUT2D eigenvalue weighted by Crippen LogP contribution is 2.30. The number of nitrogens with zero attached hydrogens (tertiary/aromatic N) is 2. The van der Waals surface area contributed by atoms with E-state index in [1.54, 1.807) is 12.2 Å². The first kappa shape index (κ1) is 34.7. The van der Waals surface area contributed by atoms with Gasteiger partial charge >= 0.3 is 0 Å². The number of carbonyl (C=O) groups excluding carboxylic acids is 2.